The number of rotatable bonds is 6. The minimum absolute atomic E-state index is 0.0668. The van der Waals surface area contributed by atoms with Crippen molar-refractivity contribution in [3.05, 3.63) is 35.4 Å². The Kier molecular flexibility index (Phi) is 6.20. The molecule has 1 aromatic rings. The van der Waals surface area contributed by atoms with E-state index < -0.39 is 11.7 Å². The average molecular weight is 302 g/mol. The number of alkyl halides is 3. The van der Waals surface area contributed by atoms with Gasteiger partial charge in [-0.1, -0.05) is 26.0 Å². The number of benzene rings is 1. The minimum atomic E-state index is -4.38. The lowest BCUT2D eigenvalue weighted by Crippen LogP contribution is -2.35. The molecule has 0 saturated carbocycles. The summed E-state index contributed by atoms with van der Waals surface area (Å²) < 4.78 is 37.8. The second-order valence-corrected chi connectivity index (χ2v) is 5.48. The van der Waals surface area contributed by atoms with Crippen LogP contribution in [0.2, 0.25) is 0 Å². The van der Waals surface area contributed by atoms with Gasteiger partial charge >= 0.3 is 6.18 Å². The molecular formula is C15H21F3N2O. The molecule has 0 radical (unpaired) electrons. The summed E-state index contributed by atoms with van der Waals surface area (Å²) in [4.78, 5) is 12.0. The van der Waals surface area contributed by atoms with Gasteiger partial charge in [-0.25, -0.2) is 0 Å². The molecule has 1 atom stereocenters. The van der Waals surface area contributed by atoms with Crippen molar-refractivity contribution < 1.29 is 18.0 Å². The van der Waals surface area contributed by atoms with Crippen molar-refractivity contribution in [2.24, 2.45) is 17.6 Å². The molecule has 0 aliphatic heterocycles. The van der Waals surface area contributed by atoms with E-state index in [0.717, 1.165) is 12.1 Å². The van der Waals surface area contributed by atoms with Gasteiger partial charge in [-0.05, 0) is 30.0 Å². The highest BCUT2D eigenvalue weighted by atomic mass is 19.4. The first-order valence-electron chi connectivity index (χ1n) is 6.88. The minimum Gasteiger partial charge on any atom is -0.352 e. The average Bonchev–Trinajstić information content (AvgIpc) is 2.41. The fourth-order valence-electron chi connectivity index (χ4n) is 2.07. The quantitative estimate of drug-likeness (QED) is 0.849. The molecule has 0 fully saturated rings. The maximum absolute atomic E-state index is 12.6. The number of amides is 1. The van der Waals surface area contributed by atoms with Crippen molar-refractivity contribution in [2.45, 2.75) is 33.0 Å². The number of nitrogens with one attached hydrogen (secondary N) is 1. The summed E-state index contributed by atoms with van der Waals surface area (Å²) in [5, 5.41) is 2.65. The Bertz CT molecular complexity index is 472. The van der Waals surface area contributed by atoms with E-state index >= 15 is 0 Å². The molecule has 21 heavy (non-hydrogen) atoms. The molecule has 0 saturated heterocycles. The lowest BCUT2D eigenvalue weighted by molar-refractivity contribution is -0.137. The van der Waals surface area contributed by atoms with Crippen molar-refractivity contribution in [1.29, 1.82) is 0 Å². The highest BCUT2D eigenvalue weighted by Gasteiger charge is 2.30. The Hall–Kier alpha value is -1.56. The van der Waals surface area contributed by atoms with Crippen molar-refractivity contribution in [2.75, 3.05) is 6.54 Å². The third kappa shape index (κ3) is 5.75. The molecule has 0 bridgehead atoms. The van der Waals surface area contributed by atoms with Crippen LogP contribution >= 0.6 is 0 Å². The van der Waals surface area contributed by atoms with Crippen molar-refractivity contribution in [3.8, 4) is 0 Å². The molecule has 0 heterocycles. The molecule has 0 spiro atoms. The standard InChI is InChI=1S/C15H21F3N2O/c1-10(2)6-12(8-19)14(21)20-9-11-4-3-5-13(7-11)15(16,17)18/h3-5,7,10,12H,6,8-9,19H2,1-2H3,(H,20,21). The summed E-state index contributed by atoms with van der Waals surface area (Å²) in [5.74, 6) is -0.197. The molecule has 1 aromatic carbocycles. The van der Waals surface area contributed by atoms with E-state index in [1.807, 2.05) is 13.8 Å². The van der Waals surface area contributed by atoms with Crippen LogP contribution in [0.3, 0.4) is 0 Å². The Morgan fingerprint density at radius 2 is 2.00 bits per heavy atom. The summed E-state index contributed by atoms with van der Waals surface area (Å²) in [5.41, 5.74) is 5.26. The first-order valence-corrected chi connectivity index (χ1v) is 6.88. The molecule has 6 heteroatoms. The zero-order chi connectivity index (χ0) is 16.0. The summed E-state index contributed by atoms with van der Waals surface area (Å²) in [6.45, 7) is 4.27. The van der Waals surface area contributed by atoms with Crippen molar-refractivity contribution in [3.63, 3.8) is 0 Å². The predicted octanol–water partition coefficient (Wildman–Crippen LogP) is 2.94. The SMILES string of the molecule is CC(C)CC(CN)C(=O)NCc1cccc(C(F)(F)F)c1. The fraction of sp³-hybridized carbons (Fsp3) is 0.533. The van der Waals surface area contributed by atoms with Gasteiger partial charge in [-0.3, -0.25) is 4.79 Å². The van der Waals surface area contributed by atoms with Crippen LogP contribution in [0, 0.1) is 11.8 Å². The van der Waals surface area contributed by atoms with Crippen LogP contribution in [0.25, 0.3) is 0 Å². The van der Waals surface area contributed by atoms with Gasteiger partial charge < -0.3 is 11.1 Å². The van der Waals surface area contributed by atoms with Gasteiger partial charge in [0.15, 0.2) is 0 Å². The summed E-state index contributed by atoms with van der Waals surface area (Å²) in [6, 6.07) is 4.93. The van der Waals surface area contributed by atoms with Gasteiger partial charge in [0.05, 0.1) is 11.5 Å². The molecule has 118 valence electrons. The van der Waals surface area contributed by atoms with Crippen LogP contribution in [0.4, 0.5) is 13.2 Å². The van der Waals surface area contributed by atoms with Crippen LogP contribution in [0.5, 0.6) is 0 Å². The second-order valence-electron chi connectivity index (χ2n) is 5.48. The predicted molar refractivity (Wildman–Crippen MR) is 75.3 cm³/mol. The van der Waals surface area contributed by atoms with E-state index in [0.29, 0.717) is 17.9 Å². The third-order valence-electron chi connectivity index (χ3n) is 3.13. The summed E-state index contributed by atoms with van der Waals surface area (Å²) >= 11 is 0. The molecule has 0 aliphatic carbocycles. The molecule has 0 aliphatic rings. The number of nitrogens with two attached hydrogens (primary N) is 1. The van der Waals surface area contributed by atoms with Crippen LogP contribution in [0.15, 0.2) is 24.3 Å². The zero-order valence-electron chi connectivity index (χ0n) is 12.2. The van der Waals surface area contributed by atoms with Crippen LogP contribution in [-0.2, 0) is 17.5 Å². The first-order chi connectivity index (χ1) is 9.74. The van der Waals surface area contributed by atoms with Crippen LogP contribution in [0.1, 0.15) is 31.4 Å². The Morgan fingerprint density at radius 1 is 1.33 bits per heavy atom. The number of carbonyl (C=O) groups is 1. The van der Waals surface area contributed by atoms with E-state index in [9.17, 15) is 18.0 Å². The molecule has 1 unspecified atom stereocenters. The number of halogens is 3. The number of carbonyl (C=O) groups excluding carboxylic acids is 1. The van der Waals surface area contributed by atoms with Gasteiger partial charge in [0, 0.05) is 13.1 Å². The monoisotopic (exact) mass is 302 g/mol. The van der Waals surface area contributed by atoms with E-state index in [-0.39, 0.29) is 24.9 Å². The summed E-state index contributed by atoms with van der Waals surface area (Å²) in [7, 11) is 0. The number of hydrogen-bond acceptors (Lipinski definition) is 2. The molecule has 1 amide bonds. The van der Waals surface area contributed by atoms with E-state index in [1.54, 1.807) is 6.07 Å². The topological polar surface area (TPSA) is 55.1 Å². The van der Waals surface area contributed by atoms with Gasteiger partial charge in [0.1, 0.15) is 0 Å². The lowest BCUT2D eigenvalue weighted by atomic mass is 9.96. The van der Waals surface area contributed by atoms with Gasteiger partial charge in [-0.15, -0.1) is 0 Å². The van der Waals surface area contributed by atoms with Crippen molar-refractivity contribution >= 4 is 5.91 Å². The smallest absolute Gasteiger partial charge is 0.352 e. The number of hydrogen-bond donors (Lipinski definition) is 2. The van der Waals surface area contributed by atoms with Crippen LogP contribution < -0.4 is 11.1 Å². The molecule has 3 N–H and O–H groups in total. The Balaban J connectivity index is 2.64. The van der Waals surface area contributed by atoms with Gasteiger partial charge in [-0.2, -0.15) is 13.2 Å². The third-order valence-corrected chi connectivity index (χ3v) is 3.13. The van der Waals surface area contributed by atoms with E-state index in [1.165, 1.54) is 6.07 Å². The fourth-order valence-corrected chi connectivity index (χ4v) is 2.07. The van der Waals surface area contributed by atoms with E-state index in [4.69, 9.17) is 5.73 Å². The normalized spacial score (nSPS) is 13.3. The highest BCUT2D eigenvalue weighted by Crippen LogP contribution is 2.29. The largest absolute Gasteiger partial charge is 0.416 e. The van der Waals surface area contributed by atoms with Gasteiger partial charge in [0.2, 0.25) is 5.91 Å². The Labute approximate surface area is 122 Å². The van der Waals surface area contributed by atoms with Gasteiger partial charge in [0.25, 0.3) is 0 Å². The molecular weight excluding hydrogens is 281 g/mol. The maximum Gasteiger partial charge on any atom is 0.416 e. The Morgan fingerprint density at radius 3 is 2.52 bits per heavy atom. The zero-order valence-corrected chi connectivity index (χ0v) is 12.2. The highest BCUT2D eigenvalue weighted by molar-refractivity contribution is 5.78. The second kappa shape index (κ2) is 7.45. The van der Waals surface area contributed by atoms with Crippen molar-refractivity contribution in [1.82, 2.24) is 5.32 Å². The molecule has 0 aromatic heterocycles. The maximum atomic E-state index is 12.6. The van der Waals surface area contributed by atoms with Crippen LogP contribution in [-0.4, -0.2) is 12.5 Å². The first kappa shape index (κ1) is 17.5. The molecule has 3 nitrogen and oxygen atoms in total. The summed E-state index contributed by atoms with van der Waals surface area (Å²) in [6.07, 6.45) is -3.72. The van der Waals surface area contributed by atoms with E-state index in [2.05, 4.69) is 5.32 Å². The lowest BCUT2D eigenvalue weighted by Gasteiger charge is -2.17. The molecule has 1 rings (SSSR count).